The summed E-state index contributed by atoms with van der Waals surface area (Å²) in [5, 5.41) is 8.11. The van der Waals surface area contributed by atoms with Crippen LogP contribution in [-0.2, 0) is 6.42 Å². The second-order valence-corrected chi connectivity index (χ2v) is 7.95. The van der Waals surface area contributed by atoms with Crippen molar-refractivity contribution in [2.24, 2.45) is 10.9 Å². The summed E-state index contributed by atoms with van der Waals surface area (Å²) in [7, 11) is 1.84. The molecule has 1 aromatic rings. The van der Waals surface area contributed by atoms with Crippen LogP contribution in [0, 0.1) is 19.8 Å². The average Bonchev–Trinajstić information content (AvgIpc) is 2.90. The van der Waals surface area contributed by atoms with Crippen LogP contribution in [-0.4, -0.2) is 55.6 Å². The van der Waals surface area contributed by atoms with Gasteiger partial charge in [-0.2, -0.15) is 0 Å². The zero-order valence-corrected chi connectivity index (χ0v) is 16.5. The summed E-state index contributed by atoms with van der Waals surface area (Å²) < 4.78 is 0. The molecule has 24 heavy (non-hydrogen) atoms. The zero-order chi connectivity index (χ0) is 17.4. The summed E-state index contributed by atoms with van der Waals surface area (Å²) in [4.78, 5) is 12.8. The lowest BCUT2D eigenvalue weighted by Gasteiger charge is -2.32. The lowest BCUT2D eigenvalue weighted by Crippen LogP contribution is -2.43. The Morgan fingerprint density at radius 3 is 2.62 bits per heavy atom. The Morgan fingerprint density at radius 1 is 1.29 bits per heavy atom. The quantitative estimate of drug-likeness (QED) is 0.586. The normalized spacial score (nSPS) is 17.2. The van der Waals surface area contributed by atoms with Crippen LogP contribution < -0.4 is 10.6 Å². The second kappa shape index (κ2) is 9.99. The molecule has 5 nitrogen and oxygen atoms in total. The SMILES string of the molecule is CCCN1CCC(CNC(=NC)NCCc2nc(C)c(C)s2)CC1. The molecule has 0 radical (unpaired) electrons. The third kappa shape index (κ3) is 6.06. The van der Waals surface area contributed by atoms with Gasteiger partial charge in [0.15, 0.2) is 5.96 Å². The van der Waals surface area contributed by atoms with Gasteiger partial charge < -0.3 is 15.5 Å². The van der Waals surface area contributed by atoms with Crippen molar-refractivity contribution in [1.29, 1.82) is 0 Å². The number of thiazole rings is 1. The molecule has 0 bridgehead atoms. The topological polar surface area (TPSA) is 52.5 Å². The number of hydrogen-bond acceptors (Lipinski definition) is 4. The summed E-state index contributed by atoms with van der Waals surface area (Å²) in [6.45, 7) is 12.1. The van der Waals surface area contributed by atoms with Crippen LogP contribution in [0.5, 0.6) is 0 Å². The number of likely N-dealkylation sites (tertiary alicyclic amines) is 1. The smallest absolute Gasteiger partial charge is 0.190 e. The van der Waals surface area contributed by atoms with Gasteiger partial charge in [-0.05, 0) is 58.7 Å². The van der Waals surface area contributed by atoms with Gasteiger partial charge in [-0.3, -0.25) is 4.99 Å². The number of rotatable bonds is 7. The molecule has 1 aliphatic heterocycles. The van der Waals surface area contributed by atoms with E-state index in [1.54, 1.807) is 11.3 Å². The Morgan fingerprint density at radius 2 is 2.04 bits per heavy atom. The van der Waals surface area contributed by atoms with Crippen LogP contribution in [0.3, 0.4) is 0 Å². The Labute approximate surface area is 151 Å². The van der Waals surface area contributed by atoms with Gasteiger partial charge in [0, 0.05) is 31.4 Å². The highest BCUT2D eigenvalue weighted by atomic mass is 32.1. The van der Waals surface area contributed by atoms with Crippen LogP contribution in [0.4, 0.5) is 0 Å². The molecule has 0 aromatic carbocycles. The van der Waals surface area contributed by atoms with Crippen LogP contribution in [0.2, 0.25) is 0 Å². The summed E-state index contributed by atoms with van der Waals surface area (Å²) in [5.41, 5.74) is 1.16. The summed E-state index contributed by atoms with van der Waals surface area (Å²) in [6, 6.07) is 0. The van der Waals surface area contributed by atoms with E-state index in [9.17, 15) is 0 Å². The van der Waals surface area contributed by atoms with Crippen molar-refractivity contribution in [2.75, 3.05) is 39.8 Å². The van der Waals surface area contributed by atoms with E-state index in [-0.39, 0.29) is 0 Å². The molecule has 1 fully saturated rings. The molecule has 2 N–H and O–H groups in total. The fraction of sp³-hybridized carbons (Fsp3) is 0.778. The first kappa shape index (κ1) is 19.2. The minimum absolute atomic E-state index is 0.765. The molecule has 136 valence electrons. The molecule has 0 amide bonds. The predicted octanol–water partition coefficient (Wildman–Crippen LogP) is 2.59. The van der Waals surface area contributed by atoms with Crippen molar-refractivity contribution in [3.8, 4) is 0 Å². The number of guanidine groups is 1. The molecule has 0 atom stereocenters. The highest BCUT2D eigenvalue weighted by molar-refractivity contribution is 7.11. The molecule has 1 aliphatic rings. The summed E-state index contributed by atoms with van der Waals surface area (Å²) >= 11 is 1.80. The van der Waals surface area contributed by atoms with Gasteiger partial charge in [0.2, 0.25) is 0 Å². The molecular weight excluding hydrogens is 318 g/mol. The molecule has 1 saturated heterocycles. The summed E-state index contributed by atoms with van der Waals surface area (Å²) in [5.74, 6) is 1.68. The predicted molar refractivity (Wildman–Crippen MR) is 104 cm³/mol. The van der Waals surface area contributed by atoms with Crippen molar-refractivity contribution in [1.82, 2.24) is 20.5 Å². The molecule has 0 aliphatic carbocycles. The highest BCUT2D eigenvalue weighted by Gasteiger charge is 2.18. The van der Waals surface area contributed by atoms with Gasteiger partial charge in [-0.1, -0.05) is 6.92 Å². The molecule has 6 heteroatoms. The Hall–Kier alpha value is -1.14. The van der Waals surface area contributed by atoms with Crippen molar-refractivity contribution >= 4 is 17.3 Å². The third-order valence-corrected chi connectivity index (χ3v) is 5.87. The average molecular weight is 352 g/mol. The highest BCUT2D eigenvalue weighted by Crippen LogP contribution is 2.17. The maximum atomic E-state index is 4.59. The van der Waals surface area contributed by atoms with E-state index in [1.165, 1.54) is 48.8 Å². The van der Waals surface area contributed by atoms with Crippen molar-refractivity contribution < 1.29 is 0 Å². The van der Waals surface area contributed by atoms with Gasteiger partial charge in [0.05, 0.1) is 10.7 Å². The first-order chi connectivity index (χ1) is 11.6. The van der Waals surface area contributed by atoms with Gasteiger partial charge in [0.1, 0.15) is 0 Å². The summed E-state index contributed by atoms with van der Waals surface area (Å²) in [6.07, 6.45) is 4.80. The fourth-order valence-corrected chi connectivity index (χ4v) is 4.06. The Bertz CT molecular complexity index is 498. The monoisotopic (exact) mass is 351 g/mol. The van der Waals surface area contributed by atoms with Crippen LogP contribution in [0.25, 0.3) is 0 Å². The number of nitrogens with zero attached hydrogens (tertiary/aromatic N) is 3. The number of aryl methyl sites for hydroxylation is 2. The largest absolute Gasteiger partial charge is 0.356 e. The number of nitrogens with one attached hydrogen (secondary N) is 2. The van der Waals surface area contributed by atoms with Gasteiger partial charge in [0.25, 0.3) is 0 Å². The minimum Gasteiger partial charge on any atom is -0.356 e. The molecule has 0 saturated carbocycles. The molecule has 0 spiro atoms. The van der Waals surface area contributed by atoms with Crippen molar-refractivity contribution in [2.45, 2.75) is 46.5 Å². The van der Waals surface area contributed by atoms with E-state index in [2.05, 4.69) is 46.3 Å². The number of piperidine rings is 1. The van der Waals surface area contributed by atoms with E-state index in [0.29, 0.717) is 0 Å². The van der Waals surface area contributed by atoms with Gasteiger partial charge in [-0.15, -0.1) is 11.3 Å². The van der Waals surface area contributed by atoms with Crippen LogP contribution in [0.1, 0.15) is 41.8 Å². The standard InChI is InChI=1S/C18H33N5S/c1-5-10-23-11-7-16(8-12-23)13-21-18(19-4)20-9-6-17-22-14(2)15(3)24-17/h16H,5-13H2,1-4H3,(H2,19,20,21). The third-order valence-electron chi connectivity index (χ3n) is 4.73. The first-order valence-corrected chi connectivity index (χ1v) is 10.0. The molecule has 2 heterocycles. The van der Waals surface area contributed by atoms with Crippen LogP contribution >= 0.6 is 11.3 Å². The minimum atomic E-state index is 0.765. The van der Waals surface area contributed by atoms with Gasteiger partial charge >= 0.3 is 0 Å². The Kier molecular flexibility index (Phi) is 7.99. The number of hydrogen-bond donors (Lipinski definition) is 2. The van der Waals surface area contributed by atoms with E-state index in [0.717, 1.165) is 37.1 Å². The van der Waals surface area contributed by atoms with Gasteiger partial charge in [-0.25, -0.2) is 4.98 Å². The Balaban J connectivity index is 1.64. The van der Waals surface area contributed by atoms with E-state index >= 15 is 0 Å². The van der Waals surface area contributed by atoms with Crippen molar-refractivity contribution in [3.63, 3.8) is 0 Å². The maximum Gasteiger partial charge on any atom is 0.190 e. The van der Waals surface area contributed by atoms with E-state index in [1.807, 2.05) is 7.05 Å². The van der Waals surface area contributed by atoms with E-state index in [4.69, 9.17) is 0 Å². The maximum absolute atomic E-state index is 4.59. The molecule has 2 rings (SSSR count). The second-order valence-electron chi connectivity index (χ2n) is 6.66. The first-order valence-electron chi connectivity index (χ1n) is 9.22. The number of aromatic nitrogens is 1. The molecule has 1 aromatic heterocycles. The van der Waals surface area contributed by atoms with E-state index < -0.39 is 0 Å². The van der Waals surface area contributed by atoms with Crippen molar-refractivity contribution in [3.05, 3.63) is 15.6 Å². The number of aliphatic imine (C=N–C) groups is 1. The molecule has 0 unspecified atom stereocenters. The lowest BCUT2D eigenvalue weighted by atomic mass is 9.97. The molecular formula is C18H33N5S. The lowest BCUT2D eigenvalue weighted by molar-refractivity contribution is 0.185. The fourth-order valence-electron chi connectivity index (χ4n) is 3.13. The van der Waals surface area contributed by atoms with Crippen LogP contribution in [0.15, 0.2) is 4.99 Å². The zero-order valence-electron chi connectivity index (χ0n) is 15.7.